The average molecular weight is 183 g/mol. The average Bonchev–Trinajstić information content (AvgIpc) is 2.76. The SMILES string of the molecule is CCC(C)N1CCCC12CCOC2. The van der Waals surface area contributed by atoms with Crippen LogP contribution >= 0.6 is 0 Å². The first-order valence-electron chi connectivity index (χ1n) is 5.63. The highest BCUT2D eigenvalue weighted by molar-refractivity contribution is 5.00. The van der Waals surface area contributed by atoms with Gasteiger partial charge in [0.15, 0.2) is 0 Å². The number of hydrogen-bond donors (Lipinski definition) is 0. The lowest BCUT2D eigenvalue weighted by atomic mass is 9.94. The summed E-state index contributed by atoms with van der Waals surface area (Å²) in [6, 6.07) is 0.740. The van der Waals surface area contributed by atoms with Gasteiger partial charge in [-0.25, -0.2) is 0 Å². The third-order valence-corrected chi connectivity index (χ3v) is 3.86. The van der Waals surface area contributed by atoms with Gasteiger partial charge in [-0.3, -0.25) is 4.90 Å². The Morgan fingerprint density at radius 3 is 2.92 bits per heavy atom. The van der Waals surface area contributed by atoms with Gasteiger partial charge in [0, 0.05) is 18.2 Å². The second-order valence-corrected chi connectivity index (χ2v) is 4.58. The summed E-state index contributed by atoms with van der Waals surface area (Å²) >= 11 is 0. The van der Waals surface area contributed by atoms with Crippen molar-refractivity contribution in [2.45, 2.75) is 51.1 Å². The molecule has 0 radical (unpaired) electrons. The monoisotopic (exact) mass is 183 g/mol. The molecule has 2 nitrogen and oxygen atoms in total. The maximum atomic E-state index is 5.57. The highest BCUT2D eigenvalue weighted by Gasteiger charge is 2.45. The van der Waals surface area contributed by atoms with Crippen LogP contribution in [0.2, 0.25) is 0 Å². The summed E-state index contributed by atoms with van der Waals surface area (Å²) in [6.45, 7) is 7.89. The van der Waals surface area contributed by atoms with Crippen LogP contribution in [0.1, 0.15) is 39.5 Å². The van der Waals surface area contributed by atoms with Crippen LogP contribution in [0.25, 0.3) is 0 Å². The Bertz CT molecular complexity index is 169. The van der Waals surface area contributed by atoms with E-state index in [2.05, 4.69) is 18.7 Å². The zero-order chi connectivity index (χ0) is 9.31. The van der Waals surface area contributed by atoms with Crippen molar-refractivity contribution in [1.82, 2.24) is 4.90 Å². The molecule has 0 N–H and O–H groups in total. The summed E-state index contributed by atoms with van der Waals surface area (Å²) in [5, 5.41) is 0. The topological polar surface area (TPSA) is 12.5 Å². The van der Waals surface area contributed by atoms with Crippen molar-refractivity contribution in [3.63, 3.8) is 0 Å². The van der Waals surface area contributed by atoms with Gasteiger partial charge in [0.2, 0.25) is 0 Å². The van der Waals surface area contributed by atoms with Gasteiger partial charge in [0.05, 0.1) is 6.61 Å². The van der Waals surface area contributed by atoms with Gasteiger partial charge in [-0.15, -0.1) is 0 Å². The fraction of sp³-hybridized carbons (Fsp3) is 1.00. The molecule has 2 rings (SSSR count). The van der Waals surface area contributed by atoms with Crippen molar-refractivity contribution in [3.8, 4) is 0 Å². The molecule has 2 unspecified atom stereocenters. The zero-order valence-corrected chi connectivity index (χ0v) is 8.88. The molecule has 13 heavy (non-hydrogen) atoms. The van der Waals surface area contributed by atoms with Gasteiger partial charge in [-0.1, -0.05) is 6.92 Å². The quantitative estimate of drug-likeness (QED) is 0.649. The highest BCUT2D eigenvalue weighted by atomic mass is 16.5. The molecule has 0 amide bonds. The van der Waals surface area contributed by atoms with Crippen molar-refractivity contribution in [3.05, 3.63) is 0 Å². The number of likely N-dealkylation sites (tertiary alicyclic amines) is 1. The van der Waals surface area contributed by atoms with E-state index in [1.165, 1.54) is 32.2 Å². The van der Waals surface area contributed by atoms with Crippen molar-refractivity contribution in [1.29, 1.82) is 0 Å². The van der Waals surface area contributed by atoms with E-state index in [1.807, 2.05) is 0 Å². The highest BCUT2D eigenvalue weighted by Crippen LogP contribution is 2.38. The third kappa shape index (κ3) is 1.50. The lowest BCUT2D eigenvalue weighted by Gasteiger charge is -2.37. The molecule has 76 valence electrons. The van der Waals surface area contributed by atoms with Crippen LogP contribution in [0.4, 0.5) is 0 Å². The van der Waals surface area contributed by atoms with Gasteiger partial charge < -0.3 is 4.74 Å². The van der Waals surface area contributed by atoms with Crippen LogP contribution in [-0.2, 0) is 4.74 Å². The lowest BCUT2D eigenvalue weighted by Crippen LogP contribution is -2.48. The third-order valence-electron chi connectivity index (χ3n) is 3.86. The molecular formula is C11H21NO. The minimum atomic E-state index is 0.440. The Labute approximate surface area is 81.3 Å². The minimum Gasteiger partial charge on any atom is -0.379 e. The Balaban J connectivity index is 2.08. The van der Waals surface area contributed by atoms with E-state index in [9.17, 15) is 0 Å². The largest absolute Gasteiger partial charge is 0.379 e. The molecule has 2 fully saturated rings. The Morgan fingerprint density at radius 1 is 1.46 bits per heavy atom. The van der Waals surface area contributed by atoms with Gasteiger partial charge in [-0.2, -0.15) is 0 Å². The first-order valence-corrected chi connectivity index (χ1v) is 5.63. The van der Waals surface area contributed by atoms with Crippen LogP contribution in [0.15, 0.2) is 0 Å². The maximum Gasteiger partial charge on any atom is 0.0651 e. The molecule has 2 heteroatoms. The Hall–Kier alpha value is -0.0800. The minimum absolute atomic E-state index is 0.440. The van der Waals surface area contributed by atoms with Crippen LogP contribution in [0.3, 0.4) is 0 Å². The van der Waals surface area contributed by atoms with Crippen LogP contribution in [0, 0.1) is 0 Å². The van der Waals surface area contributed by atoms with E-state index in [0.717, 1.165) is 19.3 Å². The van der Waals surface area contributed by atoms with Gasteiger partial charge >= 0.3 is 0 Å². The molecule has 0 aromatic heterocycles. The van der Waals surface area contributed by atoms with Gasteiger partial charge in [0.1, 0.15) is 0 Å². The smallest absolute Gasteiger partial charge is 0.0651 e. The first-order chi connectivity index (χ1) is 6.28. The fourth-order valence-electron chi connectivity index (χ4n) is 2.89. The zero-order valence-electron chi connectivity index (χ0n) is 8.88. The summed E-state index contributed by atoms with van der Waals surface area (Å²) in [5.74, 6) is 0. The standard InChI is InChI=1S/C11H21NO/c1-3-10(2)12-7-4-5-11(12)6-8-13-9-11/h10H,3-9H2,1-2H3. The Kier molecular flexibility index (Phi) is 2.61. The van der Waals surface area contributed by atoms with E-state index < -0.39 is 0 Å². The van der Waals surface area contributed by atoms with Gasteiger partial charge in [-0.05, 0) is 39.2 Å². The second-order valence-electron chi connectivity index (χ2n) is 4.58. The molecule has 2 atom stereocenters. The summed E-state index contributed by atoms with van der Waals surface area (Å²) in [5.41, 5.74) is 0.440. The number of hydrogen-bond acceptors (Lipinski definition) is 2. The molecule has 0 aromatic carbocycles. The molecule has 2 saturated heterocycles. The summed E-state index contributed by atoms with van der Waals surface area (Å²) in [6.07, 6.45) is 5.25. The predicted molar refractivity (Wildman–Crippen MR) is 53.9 cm³/mol. The summed E-state index contributed by atoms with van der Waals surface area (Å²) < 4.78 is 5.57. The lowest BCUT2D eigenvalue weighted by molar-refractivity contribution is 0.0709. The van der Waals surface area contributed by atoms with Crippen molar-refractivity contribution in [2.24, 2.45) is 0 Å². The molecule has 2 aliphatic heterocycles. The molecule has 0 bridgehead atoms. The van der Waals surface area contributed by atoms with Crippen LogP contribution < -0.4 is 0 Å². The normalized spacial score (nSPS) is 37.4. The second kappa shape index (κ2) is 3.58. The predicted octanol–water partition coefficient (Wildman–Crippen LogP) is 2.04. The van der Waals surface area contributed by atoms with Crippen LogP contribution in [0.5, 0.6) is 0 Å². The number of rotatable bonds is 2. The Morgan fingerprint density at radius 2 is 2.31 bits per heavy atom. The fourth-order valence-corrected chi connectivity index (χ4v) is 2.89. The molecule has 2 aliphatic rings. The maximum absolute atomic E-state index is 5.57. The van der Waals surface area contributed by atoms with Crippen LogP contribution in [-0.4, -0.2) is 36.2 Å². The van der Waals surface area contributed by atoms with E-state index in [0.29, 0.717) is 5.54 Å². The summed E-state index contributed by atoms with van der Waals surface area (Å²) in [7, 11) is 0. The van der Waals surface area contributed by atoms with Crippen molar-refractivity contribution < 1.29 is 4.74 Å². The molecule has 1 spiro atoms. The summed E-state index contributed by atoms with van der Waals surface area (Å²) in [4.78, 5) is 2.69. The van der Waals surface area contributed by atoms with E-state index in [-0.39, 0.29) is 0 Å². The number of ether oxygens (including phenoxy) is 1. The first kappa shape index (κ1) is 9.47. The van der Waals surface area contributed by atoms with Crippen molar-refractivity contribution >= 4 is 0 Å². The molecule has 0 aromatic rings. The number of nitrogens with zero attached hydrogens (tertiary/aromatic N) is 1. The van der Waals surface area contributed by atoms with Gasteiger partial charge in [0.25, 0.3) is 0 Å². The van der Waals surface area contributed by atoms with E-state index in [4.69, 9.17) is 4.74 Å². The molecule has 0 saturated carbocycles. The van der Waals surface area contributed by atoms with Crippen molar-refractivity contribution in [2.75, 3.05) is 19.8 Å². The van der Waals surface area contributed by atoms with E-state index in [1.54, 1.807) is 0 Å². The molecule has 2 heterocycles. The molecule has 0 aliphatic carbocycles. The molecular weight excluding hydrogens is 162 g/mol. The van der Waals surface area contributed by atoms with E-state index >= 15 is 0 Å².